The molecule has 234 valence electrons. The van der Waals surface area contributed by atoms with E-state index in [1.54, 1.807) is 32.9 Å². The number of carboxylic acid groups (broad SMARTS) is 1. The first-order chi connectivity index (χ1) is 20.7. The minimum Gasteiger partial charge on any atom is -0.489 e. The lowest BCUT2D eigenvalue weighted by Crippen LogP contribution is -2.46. The van der Waals surface area contributed by atoms with Crippen LogP contribution in [0.3, 0.4) is 0 Å². The van der Waals surface area contributed by atoms with E-state index in [-0.39, 0.29) is 42.1 Å². The normalized spacial score (nSPS) is 15.9. The first kappa shape index (κ1) is 32.5. The van der Waals surface area contributed by atoms with Crippen molar-refractivity contribution < 1.29 is 41.9 Å². The lowest BCUT2D eigenvalue weighted by molar-refractivity contribution is -0.138. The molecule has 1 aromatic heterocycles. The lowest BCUT2D eigenvalue weighted by Gasteiger charge is -2.26. The SMILES string of the molecule is CC(C)(C)OC(=O)NC(=NC(=O)O)N1CCC[C@H]1c1nc(-c2ccc(OC/C=C/c3cccc(Br)c3)c(C(F)(F)F)c2)no1. The van der Waals surface area contributed by atoms with Crippen molar-refractivity contribution in [2.45, 2.75) is 51.4 Å². The highest BCUT2D eigenvalue weighted by Crippen LogP contribution is 2.39. The smallest absolute Gasteiger partial charge is 0.434 e. The number of carbonyl (C=O) groups excluding carboxylic acids is 1. The summed E-state index contributed by atoms with van der Waals surface area (Å²) < 4.78 is 58.8. The molecule has 1 atom stereocenters. The number of benzene rings is 2. The number of ether oxygens (including phenoxy) is 2. The van der Waals surface area contributed by atoms with E-state index in [4.69, 9.17) is 14.0 Å². The average Bonchev–Trinajstić information content (AvgIpc) is 3.59. The summed E-state index contributed by atoms with van der Waals surface area (Å²) in [4.78, 5) is 33.0. The molecule has 0 aliphatic carbocycles. The van der Waals surface area contributed by atoms with Gasteiger partial charge in [0, 0.05) is 16.6 Å². The van der Waals surface area contributed by atoms with Gasteiger partial charge in [-0.15, -0.1) is 4.99 Å². The second-order valence-corrected chi connectivity index (χ2v) is 11.5. The minimum absolute atomic E-state index is 0.00755. The van der Waals surface area contributed by atoms with Crippen molar-refractivity contribution in [1.29, 1.82) is 0 Å². The van der Waals surface area contributed by atoms with Crippen LogP contribution in [0.25, 0.3) is 17.5 Å². The number of likely N-dealkylation sites (tertiary alicyclic amines) is 1. The standard InChI is InChI=1S/C29H29BrF3N5O6/c1-28(2,3)43-27(41)36-25(35-26(39)40)38-13-5-10-21(38)24-34-23(37-44-24)18-11-12-22(20(16-18)29(31,32)33)42-14-6-8-17-7-4-9-19(30)15-17/h4,6-9,11-12,15-16,21H,5,10,13-14H2,1-3H3,(H,39,40)(H,35,36,41)/b8-6+/t21-/m0/s1. The molecule has 3 aromatic rings. The molecule has 0 radical (unpaired) electrons. The number of halogens is 4. The van der Waals surface area contributed by atoms with E-state index >= 15 is 0 Å². The third kappa shape index (κ3) is 8.81. The lowest BCUT2D eigenvalue weighted by atomic mass is 10.1. The van der Waals surface area contributed by atoms with Gasteiger partial charge in [0.25, 0.3) is 0 Å². The summed E-state index contributed by atoms with van der Waals surface area (Å²) >= 11 is 3.36. The zero-order chi connectivity index (χ0) is 32.1. The number of alkyl halides is 3. The number of nitrogens with one attached hydrogen (secondary N) is 1. The van der Waals surface area contributed by atoms with Gasteiger partial charge in [-0.2, -0.15) is 18.2 Å². The van der Waals surface area contributed by atoms with E-state index < -0.39 is 35.6 Å². The highest BCUT2D eigenvalue weighted by molar-refractivity contribution is 9.10. The van der Waals surface area contributed by atoms with Gasteiger partial charge in [-0.3, -0.25) is 5.32 Å². The van der Waals surface area contributed by atoms with E-state index in [2.05, 4.69) is 36.4 Å². The summed E-state index contributed by atoms with van der Waals surface area (Å²) in [5.74, 6) is -0.777. The van der Waals surface area contributed by atoms with Gasteiger partial charge >= 0.3 is 18.4 Å². The van der Waals surface area contributed by atoms with Crippen molar-refractivity contribution >= 4 is 40.2 Å². The molecular weight excluding hydrogens is 651 g/mol. The minimum atomic E-state index is -4.73. The number of aliphatic imine (C=N–C) groups is 1. The molecule has 2 aromatic carbocycles. The summed E-state index contributed by atoms with van der Waals surface area (Å²) in [6, 6.07) is 10.1. The Balaban J connectivity index is 1.53. The van der Waals surface area contributed by atoms with E-state index in [1.807, 2.05) is 24.3 Å². The van der Waals surface area contributed by atoms with Crippen LogP contribution in [0.15, 0.2) is 62.5 Å². The zero-order valence-electron chi connectivity index (χ0n) is 23.9. The van der Waals surface area contributed by atoms with Crippen molar-refractivity contribution in [3.8, 4) is 17.1 Å². The maximum absolute atomic E-state index is 14.0. The van der Waals surface area contributed by atoms with Gasteiger partial charge in [0.1, 0.15) is 24.0 Å². The number of rotatable bonds is 6. The number of carbonyl (C=O) groups is 2. The molecule has 4 rings (SSSR count). The molecule has 11 nitrogen and oxygen atoms in total. The van der Waals surface area contributed by atoms with E-state index in [0.717, 1.165) is 16.1 Å². The van der Waals surface area contributed by atoms with Gasteiger partial charge < -0.3 is 24.0 Å². The number of aromatic nitrogens is 2. The molecule has 2 amide bonds. The summed E-state index contributed by atoms with van der Waals surface area (Å²) in [6.07, 6.45) is -2.90. The second kappa shape index (κ2) is 13.5. The first-order valence-electron chi connectivity index (χ1n) is 13.4. The highest BCUT2D eigenvalue weighted by atomic mass is 79.9. The quantitative estimate of drug-likeness (QED) is 0.203. The topological polar surface area (TPSA) is 139 Å². The zero-order valence-corrected chi connectivity index (χ0v) is 25.5. The third-order valence-electron chi connectivity index (χ3n) is 6.10. The summed E-state index contributed by atoms with van der Waals surface area (Å²) in [7, 11) is 0. The molecular formula is C29H29BrF3N5O6. The number of hydrogen-bond acceptors (Lipinski definition) is 7. The Hall–Kier alpha value is -4.40. The van der Waals surface area contributed by atoms with Gasteiger partial charge in [-0.05, 0) is 75.6 Å². The molecule has 0 spiro atoms. The van der Waals surface area contributed by atoms with E-state index in [1.165, 1.54) is 17.0 Å². The molecule has 1 fully saturated rings. The van der Waals surface area contributed by atoms with Crippen LogP contribution in [0.5, 0.6) is 5.75 Å². The van der Waals surface area contributed by atoms with Crippen molar-refractivity contribution in [3.63, 3.8) is 0 Å². The van der Waals surface area contributed by atoms with Gasteiger partial charge in [0.05, 0.1) is 5.56 Å². The molecule has 1 aliphatic heterocycles. The van der Waals surface area contributed by atoms with Gasteiger partial charge in [0.2, 0.25) is 17.7 Å². The second-order valence-electron chi connectivity index (χ2n) is 10.6. The van der Waals surface area contributed by atoms with Crippen LogP contribution >= 0.6 is 15.9 Å². The summed E-state index contributed by atoms with van der Waals surface area (Å²) in [5, 5.41) is 15.5. The molecule has 44 heavy (non-hydrogen) atoms. The van der Waals surface area contributed by atoms with Crippen molar-refractivity contribution in [1.82, 2.24) is 20.4 Å². The molecule has 0 unspecified atom stereocenters. The van der Waals surface area contributed by atoms with Crippen molar-refractivity contribution in [2.75, 3.05) is 13.2 Å². The van der Waals surface area contributed by atoms with Gasteiger partial charge in [0.15, 0.2) is 0 Å². The molecule has 2 N–H and O–H groups in total. The Morgan fingerprint density at radius 2 is 2.00 bits per heavy atom. The number of nitrogens with zero attached hydrogens (tertiary/aromatic N) is 4. The number of hydrogen-bond donors (Lipinski definition) is 2. The van der Waals surface area contributed by atoms with Crippen LogP contribution in [-0.4, -0.2) is 57.0 Å². The highest BCUT2D eigenvalue weighted by Gasteiger charge is 2.37. The van der Waals surface area contributed by atoms with Gasteiger partial charge in [-0.25, -0.2) is 9.59 Å². The van der Waals surface area contributed by atoms with Crippen LogP contribution in [0.2, 0.25) is 0 Å². The maximum atomic E-state index is 14.0. The molecule has 0 saturated carbocycles. The predicted octanol–water partition coefficient (Wildman–Crippen LogP) is 7.31. The third-order valence-corrected chi connectivity index (χ3v) is 6.60. The average molecular weight is 680 g/mol. The van der Waals surface area contributed by atoms with Gasteiger partial charge in [-0.1, -0.05) is 39.3 Å². The largest absolute Gasteiger partial charge is 0.489 e. The predicted molar refractivity (Wildman–Crippen MR) is 157 cm³/mol. The fourth-order valence-electron chi connectivity index (χ4n) is 4.36. The Morgan fingerprint density at radius 1 is 1.23 bits per heavy atom. The molecule has 0 bridgehead atoms. The van der Waals surface area contributed by atoms with Crippen LogP contribution in [0.4, 0.5) is 22.8 Å². The van der Waals surface area contributed by atoms with Crippen LogP contribution in [0.1, 0.15) is 56.7 Å². The maximum Gasteiger partial charge on any atom is 0.434 e. The fraction of sp³-hybridized carbons (Fsp3) is 0.345. The van der Waals surface area contributed by atoms with E-state index in [0.29, 0.717) is 12.8 Å². The summed E-state index contributed by atoms with van der Waals surface area (Å²) in [6.45, 7) is 5.11. The van der Waals surface area contributed by atoms with E-state index in [9.17, 15) is 27.9 Å². The Kier molecular flexibility index (Phi) is 9.97. The van der Waals surface area contributed by atoms with Crippen LogP contribution in [-0.2, 0) is 10.9 Å². The molecule has 2 heterocycles. The molecule has 1 aliphatic rings. The Labute approximate surface area is 258 Å². The van der Waals surface area contributed by atoms with Crippen LogP contribution in [0, 0.1) is 0 Å². The number of amides is 2. The van der Waals surface area contributed by atoms with Crippen molar-refractivity contribution in [3.05, 3.63) is 70.0 Å². The number of alkyl carbamates (subject to hydrolysis) is 1. The Bertz CT molecular complexity index is 1570. The first-order valence-corrected chi connectivity index (χ1v) is 14.2. The monoisotopic (exact) mass is 679 g/mol. The molecule has 1 saturated heterocycles. The molecule has 15 heteroatoms. The summed E-state index contributed by atoms with van der Waals surface area (Å²) in [5.41, 5.74) is -0.987. The number of guanidine groups is 1. The van der Waals surface area contributed by atoms with Crippen molar-refractivity contribution in [2.24, 2.45) is 4.99 Å². The fourth-order valence-corrected chi connectivity index (χ4v) is 4.78. The Morgan fingerprint density at radius 3 is 2.68 bits per heavy atom. The van der Waals surface area contributed by atoms with Crippen LogP contribution < -0.4 is 10.1 Å².